The molecule has 2 aromatic heterocycles. The van der Waals surface area contributed by atoms with Crippen LogP contribution in [0.15, 0.2) is 64.5 Å². The molecule has 10 heteroatoms. The molecule has 0 saturated carbocycles. The van der Waals surface area contributed by atoms with Gasteiger partial charge >= 0.3 is 0 Å². The van der Waals surface area contributed by atoms with Crippen LogP contribution in [0.5, 0.6) is 0 Å². The highest BCUT2D eigenvalue weighted by Crippen LogP contribution is 2.34. The van der Waals surface area contributed by atoms with E-state index in [1.54, 1.807) is 40.7 Å². The fourth-order valence-electron chi connectivity index (χ4n) is 4.46. The second-order valence-electron chi connectivity index (χ2n) is 9.12. The summed E-state index contributed by atoms with van der Waals surface area (Å²) in [6, 6.07) is 16.4. The van der Waals surface area contributed by atoms with E-state index in [2.05, 4.69) is 5.32 Å². The molecule has 38 heavy (non-hydrogen) atoms. The summed E-state index contributed by atoms with van der Waals surface area (Å²) in [5.41, 5.74) is 2.97. The summed E-state index contributed by atoms with van der Waals surface area (Å²) in [6.07, 6.45) is 0.620. The molecule has 1 N–H and O–H groups in total. The van der Waals surface area contributed by atoms with E-state index in [4.69, 9.17) is 4.98 Å². The second-order valence-corrected chi connectivity index (χ2v) is 11.1. The fraction of sp³-hybridized carbons (Fsp3) is 0.250. The number of nitrogens with one attached hydrogen (secondary N) is 1. The van der Waals surface area contributed by atoms with Gasteiger partial charge in [-0.05, 0) is 48.7 Å². The van der Waals surface area contributed by atoms with Crippen LogP contribution in [0.4, 0.5) is 5.69 Å². The Balaban J connectivity index is 1.44. The molecule has 4 aromatic rings. The third-order valence-electron chi connectivity index (χ3n) is 6.46. The molecule has 5 rings (SSSR count). The third-order valence-corrected chi connectivity index (χ3v) is 8.55. The van der Waals surface area contributed by atoms with Crippen LogP contribution in [0.3, 0.4) is 0 Å². The predicted octanol–water partition coefficient (Wildman–Crippen LogP) is 4.34. The first-order valence-electron chi connectivity index (χ1n) is 12.2. The molecule has 1 aliphatic heterocycles. The number of thioether (sulfide) groups is 1. The number of thiophene rings is 1. The third kappa shape index (κ3) is 5.41. The van der Waals surface area contributed by atoms with E-state index < -0.39 is 0 Å². The van der Waals surface area contributed by atoms with E-state index in [9.17, 15) is 19.2 Å². The van der Waals surface area contributed by atoms with Crippen molar-refractivity contribution in [1.82, 2.24) is 14.5 Å². The molecular weight excluding hydrogens is 520 g/mol. The van der Waals surface area contributed by atoms with Crippen LogP contribution in [0.25, 0.3) is 10.2 Å². The van der Waals surface area contributed by atoms with E-state index in [0.29, 0.717) is 52.7 Å². The molecule has 0 aliphatic carbocycles. The summed E-state index contributed by atoms with van der Waals surface area (Å²) in [7, 11) is 0. The van der Waals surface area contributed by atoms with Gasteiger partial charge in [0, 0.05) is 29.6 Å². The largest absolute Gasteiger partial charge is 0.337 e. The minimum atomic E-state index is -0.242. The average molecular weight is 547 g/mol. The smallest absolute Gasteiger partial charge is 0.263 e. The highest BCUT2D eigenvalue weighted by Gasteiger charge is 2.26. The monoisotopic (exact) mass is 546 g/mol. The number of hydrogen-bond donors (Lipinski definition) is 1. The Hall–Kier alpha value is -3.76. The number of carbonyl (C=O) groups excluding carboxylic acids is 3. The molecule has 8 nitrogen and oxygen atoms in total. The molecule has 0 fully saturated rings. The number of ketones is 1. The van der Waals surface area contributed by atoms with Gasteiger partial charge in [0.2, 0.25) is 11.8 Å². The molecule has 3 heterocycles. The first-order chi connectivity index (χ1) is 18.3. The first kappa shape index (κ1) is 25.9. The maximum Gasteiger partial charge on any atom is 0.263 e. The molecule has 2 aromatic carbocycles. The van der Waals surface area contributed by atoms with Gasteiger partial charge in [-0.3, -0.25) is 23.7 Å². The lowest BCUT2D eigenvalue weighted by molar-refractivity contribution is -0.129. The van der Waals surface area contributed by atoms with E-state index in [-0.39, 0.29) is 28.9 Å². The quantitative estimate of drug-likeness (QED) is 0.210. The van der Waals surface area contributed by atoms with Crippen molar-refractivity contribution in [2.75, 3.05) is 17.6 Å². The Morgan fingerprint density at radius 3 is 2.47 bits per heavy atom. The van der Waals surface area contributed by atoms with Gasteiger partial charge in [0.05, 0.1) is 24.2 Å². The standard InChI is InChI=1S/C28H26N4O4S2/c1-17(33)20-8-10-21(11-9-20)29-24(35)16-37-28-30-26-25(22-12-13-31(18(2)34)15-23(22)38-26)27(36)32(28)14-19-6-4-3-5-7-19/h3-11H,12-16H2,1-2H3,(H,29,35). The lowest BCUT2D eigenvalue weighted by Crippen LogP contribution is -2.34. The molecule has 0 bridgehead atoms. The molecule has 0 saturated heterocycles. The zero-order valence-corrected chi connectivity index (χ0v) is 22.7. The summed E-state index contributed by atoms with van der Waals surface area (Å²) < 4.78 is 1.64. The molecule has 0 atom stereocenters. The summed E-state index contributed by atoms with van der Waals surface area (Å²) >= 11 is 2.65. The Kier molecular flexibility index (Phi) is 7.44. The summed E-state index contributed by atoms with van der Waals surface area (Å²) in [4.78, 5) is 58.2. The first-order valence-corrected chi connectivity index (χ1v) is 14.0. The number of fused-ring (bicyclic) bond motifs is 3. The SMILES string of the molecule is CC(=O)c1ccc(NC(=O)CSc2nc3sc4c(c3c(=O)n2Cc2ccccc2)CCN(C(C)=O)C4)cc1. The molecule has 0 radical (unpaired) electrons. The maximum absolute atomic E-state index is 13.8. The van der Waals surface area contributed by atoms with Crippen LogP contribution in [-0.2, 0) is 29.1 Å². The van der Waals surface area contributed by atoms with Gasteiger partial charge in [-0.25, -0.2) is 4.98 Å². The van der Waals surface area contributed by atoms with E-state index >= 15 is 0 Å². The van der Waals surface area contributed by atoms with Gasteiger partial charge in [0.25, 0.3) is 5.56 Å². The molecule has 0 spiro atoms. The molecular formula is C28H26N4O4S2. The Labute approximate surface area is 227 Å². The van der Waals surface area contributed by atoms with Crippen molar-refractivity contribution in [3.8, 4) is 0 Å². The summed E-state index contributed by atoms with van der Waals surface area (Å²) in [5.74, 6) is -0.209. The number of benzene rings is 2. The van der Waals surface area contributed by atoms with Gasteiger partial charge in [-0.15, -0.1) is 11.3 Å². The number of nitrogens with zero attached hydrogens (tertiary/aromatic N) is 3. The van der Waals surface area contributed by atoms with Gasteiger partial charge in [0.15, 0.2) is 10.9 Å². The molecule has 2 amide bonds. The van der Waals surface area contributed by atoms with E-state index in [1.165, 1.54) is 30.0 Å². The number of anilines is 1. The van der Waals surface area contributed by atoms with E-state index in [1.807, 2.05) is 30.3 Å². The van der Waals surface area contributed by atoms with Crippen molar-refractivity contribution in [2.24, 2.45) is 0 Å². The minimum absolute atomic E-state index is 0.0146. The number of carbonyl (C=O) groups is 3. The van der Waals surface area contributed by atoms with Gasteiger partial charge in [-0.2, -0.15) is 0 Å². The van der Waals surface area contributed by atoms with Crippen molar-refractivity contribution < 1.29 is 14.4 Å². The van der Waals surface area contributed by atoms with Crippen LogP contribution < -0.4 is 10.9 Å². The van der Waals surface area contributed by atoms with Gasteiger partial charge < -0.3 is 10.2 Å². The minimum Gasteiger partial charge on any atom is -0.337 e. The van der Waals surface area contributed by atoms with E-state index in [0.717, 1.165) is 16.0 Å². The van der Waals surface area contributed by atoms with Crippen LogP contribution in [0.1, 0.15) is 40.2 Å². The number of amides is 2. The van der Waals surface area contributed by atoms with Crippen LogP contribution in [0, 0.1) is 0 Å². The lowest BCUT2D eigenvalue weighted by Gasteiger charge is -2.25. The maximum atomic E-state index is 13.8. The van der Waals surface area contributed by atoms with Crippen molar-refractivity contribution in [1.29, 1.82) is 0 Å². The Morgan fingerprint density at radius 2 is 1.79 bits per heavy atom. The molecule has 194 valence electrons. The predicted molar refractivity (Wildman–Crippen MR) is 150 cm³/mol. The van der Waals surface area contributed by atoms with Crippen LogP contribution in [-0.4, -0.2) is 44.3 Å². The zero-order valence-electron chi connectivity index (χ0n) is 21.0. The van der Waals surface area contributed by atoms with Gasteiger partial charge in [0.1, 0.15) is 4.83 Å². The average Bonchev–Trinajstić information content (AvgIpc) is 3.28. The zero-order chi connectivity index (χ0) is 26.8. The fourth-order valence-corrected chi connectivity index (χ4v) is 6.53. The lowest BCUT2D eigenvalue weighted by atomic mass is 10.1. The highest BCUT2D eigenvalue weighted by molar-refractivity contribution is 7.99. The van der Waals surface area contributed by atoms with Crippen molar-refractivity contribution in [3.05, 3.63) is 86.5 Å². The van der Waals surface area contributed by atoms with Gasteiger partial charge in [-0.1, -0.05) is 42.1 Å². The Bertz CT molecular complexity index is 1590. The summed E-state index contributed by atoms with van der Waals surface area (Å²) in [5, 5.41) is 3.92. The van der Waals surface area contributed by atoms with Crippen molar-refractivity contribution >= 4 is 56.6 Å². The summed E-state index contributed by atoms with van der Waals surface area (Å²) in [6.45, 7) is 4.45. The number of aromatic nitrogens is 2. The highest BCUT2D eigenvalue weighted by atomic mass is 32.2. The number of Topliss-reactive ketones (excluding diaryl/α,β-unsaturated/α-hetero) is 1. The van der Waals surface area contributed by atoms with Crippen molar-refractivity contribution in [2.45, 2.75) is 38.5 Å². The number of hydrogen-bond acceptors (Lipinski definition) is 7. The molecule has 1 aliphatic rings. The molecule has 0 unspecified atom stereocenters. The van der Waals surface area contributed by atoms with Crippen LogP contribution in [0.2, 0.25) is 0 Å². The van der Waals surface area contributed by atoms with Crippen molar-refractivity contribution in [3.63, 3.8) is 0 Å². The number of rotatable bonds is 7. The second kappa shape index (κ2) is 10.9. The topological polar surface area (TPSA) is 101 Å². The Morgan fingerprint density at radius 1 is 1.05 bits per heavy atom. The van der Waals surface area contributed by atoms with Crippen LogP contribution >= 0.6 is 23.1 Å². The normalized spacial score (nSPS) is 12.8.